The lowest BCUT2D eigenvalue weighted by molar-refractivity contribution is 0.0595. The van der Waals surface area contributed by atoms with Gasteiger partial charge in [-0.3, -0.25) is 0 Å². The van der Waals surface area contributed by atoms with E-state index in [2.05, 4.69) is 11.3 Å². The van der Waals surface area contributed by atoms with E-state index in [-0.39, 0.29) is 12.2 Å². The number of ether oxygens (including phenoxy) is 2. The Morgan fingerprint density at radius 2 is 2.31 bits per heavy atom. The average molecular weight is 336 g/mol. The molecule has 0 N–H and O–H groups in total. The highest BCUT2D eigenvalue weighted by Crippen LogP contribution is 2.25. The van der Waals surface area contributed by atoms with Crippen LogP contribution in [0, 0.1) is 9.39 Å². The quantitative estimate of drug-likeness (QED) is 0.482. The fraction of sp³-hybridized carbons (Fsp3) is 0.182. The second-order valence-electron chi connectivity index (χ2n) is 2.85. The molecule has 0 spiro atoms. The number of carbonyl (C=O) groups excluding carboxylic acids is 1. The Kier molecular flexibility index (Phi) is 4.72. The van der Waals surface area contributed by atoms with Crippen molar-refractivity contribution in [3.05, 3.63) is 39.7 Å². The summed E-state index contributed by atoms with van der Waals surface area (Å²) >= 11 is 1.96. The van der Waals surface area contributed by atoms with Gasteiger partial charge in [-0.2, -0.15) is 0 Å². The predicted molar refractivity (Wildman–Crippen MR) is 66.1 cm³/mol. The summed E-state index contributed by atoms with van der Waals surface area (Å²) in [5.74, 6) is -0.984. The molecule has 0 heterocycles. The van der Waals surface area contributed by atoms with Gasteiger partial charge in [0.1, 0.15) is 18.2 Å². The number of hydrogen-bond acceptors (Lipinski definition) is 3. The van der Waals surface area contributed by atoms with E-state index in [4.69, 9.17) is 4.74 Å². The first-order valence-electron chi connectivity index (χ1n) is 4.41. The Balaban J connectivity index is 3.06. The Labute approximate surface area is 106 Å². The van der Waals surface area contributed by atoms with Crippen molar-refractivity contribution in [1.82, 2.24) is 0 Å². The van der Waals surface area contributed by atoms with E-state index >= 15 is 0 Å². The van der Waals surface area contributed by atoms with Crippen LogP contribution >= 0.6 is 22.6 Å². The van der Waals surface area contributed by atoms with Crippen molar-refractivity contribution < 1.29 is 18.7 Å². The molecular weight excluding hydrogens is 326 g/mol. The van der Waals surface area contributed by atoms with Gasteiger partial charge in [0.15, 0.2) is 0 Å². The van der Waals surface area contributed by atoms with Crippen molar-refractivity contribution in [1.29, 1.82) is 0 Å². The van der Waals surface area contributed by atoms with E-state index in [0.717, 1.165) is 6.07 Å². The van der Waals surface area contributed by atoms with Crippen LogP contribution in [0.3, 0.4) is 0 Å². The lowest BCUT2D eigenvalue weighted by atomic mass is 10.2. The van der Waals surface area contributed by atoms with Crippen molar-refractivity contribution in [2.75, 3.05) is 13.7 Å². The predicted octanol–water partition coefficient (Wildman–Crippen LogP) is 2.78. The number of methoxy groups -OCH3 is 1. The topological polar surface area (TPSA) is 35.5 Å². The summed E-state index contributed by atoms with van der Waals surface area (Å²) in [6.07, 6.45) is 1.56. The first-order chi connectivity index (χ1) is 7.60. The van der Waals surface area contributed by atoms with Gasteiger partial charge in [-0.15, -0.1) is 0 Å². The van der Waals surface area contributed by atoms with Gasteiger partial charge in [0.05, 0.1) is 16.2 Å². The van der Waals surface area contributed by atoms with E-state index in [9.17, 15) is 9.18 Å². The summed E-state index contributed by atoms with van der Waals surface area (Å²) in [5.41, 5.74) is -0.0992. The first-order valence-corrected chi connectivity index (χ1v) is 5.49. The zero-order chi connectivity index (χ0) is 12.1. The fourth-order valence-electron chi connectivity index (χ4n) is 1.05. The SMILES string of the molecule is C=CCOc1cc(F)c(C(=O)OC)cc1I. The van der Waals surface area contributed by atoms with Crippen molar-refractivity contribution >= 4 is 28.6 Å². The second kappa shape index (κ2) is 5.83. The molecule has 3 nitrogen and oxygen atoms in total. The molecular formula is C11H10FIO3. The normalized spacial score (nSPS) is 9.69. The minimum Gasteiger partial charge on any atom is -0.488 e. The third-order valence-corrected chi connectivity index (χ3v) is 2.63. The summed E-state index contributed by atoms with van der Waals surface area (Å²) in [4.78, 5) is 11.2. The zero-order valence-electron chi connectivity index (χ0n) is 8.63. The van der Waals surface area contributed by atoms with Crippen molar-refractivity contribution in [2.24, 2.45) is 0 Å². The molecule has 0 radical (unpaired) electrons. The minimum absolute atomic E-state index is 0.0992. The van der Waals surface area contributed by atoms with Crippen molar-refractivity contribution in [2.45, 2.75) is 0 Å². The monoisotopic (exact) mass is 336 g/mol. The summed E-state index contributed by atoms with van der Waals surface area (Å²) < 4.78 is 23.8. The summed E-state index contributed by atoms with van der Waals surface area (Å²) in [6.45, 7) is 3.78. The van der Waals surface area contributed by atoms with Gasteiger partial charge in [-0.25, -0.2) is 9.18 Å². The van der Waals surface area contributed by atoms with Gasteiger partial charge >= 0.3 is 5.97 Å². The third-order valence-electron chi connectivity index (χ3n) is 1.78. The highest BCUT2D eigenvalue weighted by atomic mass is 127. The molecule has 0 aliphatic carbocycles. The van der Waals surface area contributed by atoms with Gasteiger partial charge in [-0.1, -0.05) is 12.7 Å². The molecule has 0 aliphatic heterocycles. The summed E-state index contributed by atoms with van der Waals surface area (Å²) in [6, 6.07) is 2.55. The zero-order valence-corrected chi connectivity index (χ0v) is 10.8. The number of benzene rings is 1. The van der Waals surface area contributed by atoms with Crippen LogP contribution in [0.2, 0.25) is 0 Å². The third kappa shape index (κ3) is 2.94. The maximum Gasteiger partial charge on any atom is 0.340 e. The van der Waals surface area contributed by atoms with Gasteiger partial charge < -0.3 is 9.47 Å². The minimum atomic E-state index is -0.703. The van der Waals surface area contributed by atoms with Gasteiger partial charge in [0.25, 0.3) is 0 Å². The van der Waals surface area contributed by atoms with Crippen LogP contribution in [-0.2, 0) is 4.74 Å². The maximum absolute atomic E-state index is 13.5. The van der Waals surface area contributed by atoms with E-state index in [1.165, 1.54) is 13.2 Å². The number of esters is 1. The maximum atomic E-state index is 13.5. The van der Waals surface area contributed by atoms with Crippen molar-refractivity contribution in [3.8, 4) is 5.75 Å². The van der Waals surface area contributed by atoms with E-state index in [1.54, 1.807) is 6.08 Å². The van der Waals surface area contributed by atoms with Crippen LogP contribution in [0.5, 0.6) is 5.75 Å². The van der Waals surface area contributed by atoms with E-state index in [0.29, 0.717) is 9.32 Å². The Bertz CT molecular complexity index is 418. The molecule has 86 valence electrons. The molecule has 0 saturated carbocycles. The van der Waals surface area contributed by atoms with E-state index < -0.39 is 11.8 Å². The lowest BCUT2D eigenvalue weighted by Crippen LogP contribution is -2.06. The van der Waals surface area contributed by atoms with E-state index in [1.807, 2.05) is 22.6 Å². The van der Waals surface area contributed by atoms with Crippen LogP contribution < -0.4 is 4.74 Å². The number of hydrogen-bond donors (Lipinski definition) is 0. The molecule has 0 bridgehead atoms. The molecule has 16 heavy (non-hydrogen) atoms. The molecule has 1 aromatic rings. The summed E-state index contributed by atoms with van der Waals surface area (Å²) in [5, 5.41) is 0. The molecule has 0 amide bonds. The Morgan fingerprint density at radius 3 is 2.88 bits per heavy atom. The number of halogens is 2. The Hall–Kier alpha value is -1.11. The van der Waals surface area contributed by atoms with Crippen LogP contribution in [0.4, 0.5) is 4.39 Å². The standard InChI is InChI=1S/C11H10FIO3/c1-3-4-16-10-6-8(12)7(5-9(10)13)11(14)15-2/h3,5-6H,1,4H2,2H3. The Morgan fingerprint density at radius 1 is 1.62 bits per heavy atom. The van der Waals surface area contributed by atoms with Crippen molar-refractivity contribution in [3.63, 3.8) is 0 Å². The van der Waals surface area contributed by atoms with Crippen LogP contribution in [0.25, 0.3) is 0 Å². The van der Waals surface area contributed by atoms with Gasteiger partial charge in [0.2, 0.25) is 0 Å². The highest BCUT2D eigenvalue weighted by Gasteiger charge is 2.15. The molecule has 1 rings (SSSR count). The molecule has 0 saturated heterocycles. The molecule has 0 aromatic heterocycles. The molecule has 1 aromatic carbocycles. The molecule has 0 aliphatic rings. The number of rotatable bonds is 4. The lowest BCUT2D eigenvalue weighted by Gasteiger charge is -2.08. The van der Waals surface area contributed by atoms with Crippen LogP contribution in [0.15, 0.2) is 24.8 Å². The molecule has 0 unspecified atom stereocenters. The second-order valence-corrected chi connectivity index (χ2v) is 4.02. The molecule has 5 heteroatoms. The van der Waals surface area contributed by atoms with Crippen LogP contribution in [-0.4, -0.2) is 19.7 Å². The first kappa shape index (κ1) is 13.0. The smallest absolute Gasteiger partial charge is 0.340 e. The molecule has 0 fully saturated rings. The fourth-order valence-corrected chi connectivity index (χ4v) is 1.68. The highest BCUT2D eigenvalue weighted by molar-refractivity contribution is 14.1. The molecule has 0 atom stereocenters. The number of carbonyl (C=O) groups is 1. The summed E-state index contributed by atoms with van der Waals surface area (Å²) in [7, 11) is 1.21. The van der Waals surface area contributed by atoms with Crippen LogP contribution in [0.1, 0.15) is 10.4 Å². The van der Waals surface area contributed by atoms with Gasteiger partial charge in [0, 0.05) is 6.07 Å². The average Bonchev–Trinajstić information content (AvgIpc) is 2.28. The van der Waals surface area contributed by atoms with Gasteiger partial charge in [-0.05, 0) is 28.7 Å². The largest absolute Gasteiger partial charge is 0.488 e.